The van der Waals surface area contributed by atoms with E-state index in [0.717, 1.165) is 27.4 Å². The molecule has 4 aliphatic rings. The number of anilines is 2. The molecule has 0 bridgehead atoms. The first kappa shape index (κ1) is 76.5. The van der Waals surface area contributed by atoms with Crippen LogP contribution >= 0.6 is 34.5 Å². The van der Waals surface area contributed by atoms with Gasteiger partial charge in [0.2, 0.25) is 12.2 Å². The first-order valence-electron chi connectivity index (χ1n) is 33.7. The minimum atomic E-state index is -1.70. The average Bonchev–Trinajstić information content (AvgIpc) is 1.62. The number of ketones is 2. The largest absolute Gasteiger partial charge is 0.461 e. The normalized spacial score (nSPS) is 19.7. The molecule has 1 saturated heterocycles. The van der Waals surface area contributed by atoms with Gasteiger partial charge in [0.15, 0.2) is 5.78 Å². The number of nitrogens with two attached hydrogens (primary N) is 1. The Morgan fingerprint density at radius 1 is 0.718 bits per heavy atom. The molecule has 0 saturated carbocycles. The van der Waals surface area contributed by atoms with Crippen molar-refractivity contribution in [2.45, 2.75) is 101 Å². The van der Waals surface area contributed by atoms with Crippen molar-refractivity contribution in [1.82, 2.24) is 25.3 Å². The van der Waals surface area contributed by atoms with E-state index in [2.05, 4.69) is 10.6 Å². The molecule has 548 valence electrons. The lowest BCUT2D eigenvalue weighted by Gasteiger charge is -2.39. The van der Waals surface area contributed by atoms with E-state index >= 15 is 0 Å². The van der Waals surface area contributed by atoms with Crippen molar-refractivity contribution < 1.29 is 92.1 Å². The Hall–Kier alpha value is -9.10. The highest BCUT2D eigenvalue weighted by Gasteiger charge is 2.46. The van der Waals surface area contributed by atoms with Crippen LogP contribution in [0, 0.1) is 11.8 Å². The summed E-state index contributed by atoms with van der Waals surface area (Å²) < 4.78 is 29.1. The van der Waals surface area contributed by atoms with Crippen LogP contribution in [-0.2, 0) is 51.2 Å². The number of benzene rings is 5. The van der Waals surface area contributed by atoms with E-state index in [0.29, 0.717) is 50.5 Å². The number of urea groups is 1. The van der Waals surface area contributed by atoms with Crippen molar-refractivity contribution >= 4 is 127 Å². The molecule has 27 nitrogen and oxygen atoms in total. The molecule has 103 heavy (non-hydrogen) atoms. The fourth-order valence-corrected chi connectivity index (χ4v) is 14.3. The van der Waals surface area contributed by atoms with Crippen molar-refractivity contribution in [3.63, 3.8) is 0 Å². The first-order chi connectivity index (χ1) is 49.4. The molecule has 0 aliphatic carbocycles. The van der Waals surface area contributed by atoms with Gasteiger partial charge in [0, 0.05) is 131 Å². The number of aliphatic hydroxyl groups excluding tert-OH is 4. The summed E-state index contributed by atoms with van der Waals surface area (Å²) in [6, 6.07) is 25.9. The number of carbonyl (C=O) groups excluding carboxylic acids is 10. The number of amides is 9. The lowest BCUT2D eigenvalue weighted by atomic mass is 9.88. The predicted octanol–water partition coefficient (Wildman–Crippen LogP) is 6.51. The third-order valence-electron chi connectivity index (χ3n) is 18.7. The summed E-state index contributed by atoms with van der Waals surface area (Å²) >= 11 is 14.2. The second-order valence-corrected chi connectivity index (χ2v) is 27.8. The van der Waals surface area contributed by atoms with Gasteiger partial charge in [0.25, 0.3) is 23.6 Å². The highest BCUT2D eigenvalue weighted by Crippen LogP contribution is 2.49. The number of nitrogens with zero attached hydrogens (tertiary/aromatic N) is 5. The molecule has 30 heteroatoms. The molecule has 4 aliphatic heterocycles. The van der Waals surface area contributed by atoms with Crippen LogP contribution in [0.5, 0.6) is 11.5 Å². The van der Waals surface area contributed by atoms with E-state index in [-0.39, 0.29) is 147 Å². The molecule has 9 atom stereocenters. The van der Waals surface area contributed by atoms with Gasteiger partial charge < -0.3 is 80.1 Å². The van der Waals surface area contributed by atoms with Crippen LogP contribution in [0.25, 0.3) is 21.5 Å². The van der Waals surface area contributed by atoms with Crippen LogP contribution in [0.4, 0.5) is 25.8 Å². The number of rotatable bonds is 31. The van der Waals surface area contributed by atoms with E-state index in [1.807, 2.05) is 24.3 Å². The third-order valence-corrected chi connectivity index (χ3v) is 20.5. The summed E-state index contributed by atoms with van der Waals surface area (Å²) in [5.74, 6) is -3.91. The summed E-state index contributed by atoms with van der Waals surface area (Å²) in [6.07, 6.45) is -6.64. The summed E-state index contributed by atoms with van der Waals surface area (Å²) in [4.78, 5) is 140. The van der Waals surface area contributed by atoms with Gasteiger partial charge in [-0.3, -0.25) is 38.5 Å². The van der Waals surface area contributed by atoms with Crippen molar-refractivity contribution in [3.05, 3.63) is 141 Å². The van der Waals surface area contributed by atoms with E-state index in [1.165, 1.54) is 36.0 Å². The van der Waals surface area contributed by atoms with Gasteiger partial charge >= 0.3 is 18.2 Å². The molecule has 0 spiro atoms. The molecular formula is C73H82Cl2N8O19S. The monoisotopic (exact) mass is 1480 g/mol. The number of fused-ring (bicyclic) bond motifs is 6. The number of aliphatic hydroxyl groups is 4. The fourth-order valence-electron chi connectivity index (χ4n) is 12.9. The Morgan fingerprint density at radius 2 is 1.27 bits per heavy atom. The Kier molecular flexibility index (Phi) is 25.6. The van der Waals surface area contributed by atoms with Crippen molar-refractivity contribution in [2.24, 2.45) is 17.6 Å². The highest BCUT2D eigenvalue weighted by molar-refractivity contribution is 7.16. The summed E-state index contributed by atoms with van der Waals surface area (Å²) in [6.45, 7) is 3.40. The van der Waals surface area contributed by atoms with Crippen molar-refractivity contribution in [2.75, 3.05) is 94.7 Å². The maximum atomic E-state index is 14.8. The van der Waals surface area contributed by atoms with Crippen molar-refractivity contribution in [1.29, 1.82) is 0 Å². The molecule has 10 rings (SSSR count). The fraction of sp³-hybridized carbons (Fsp3) is 0.425. The number of likely N-dealkylation sites (N-methyl/N-ethyl adjacent to an activating group) is 2. The number of hydrogen-bond acceptors (Lipinski definition) is 20. The van der Waals surface area contributed by atoms with Gasteiger partial charge in [-0.25, -0.2) is 14.4 Å². The zero-order valence-electron chi connectivity index (χ0n) is 57.1. The number of hydrogen-bond donors (Lipinski definition) is 7. The summed E-state index contributed by atoms with van der Waals surface area (Å²) in [5, 5.41) is 49.7. The second kappa shape index (κ2) is 34.5. The molecule has 6 aromatic rings. The molecule has 8 N–H and O–H groups in total. The predicted molar refractivity (Wildman–Crippen MR) is 382 cm³/mol. The number of imide groups is 1. The van der Waals surface area contributed by atoms with Gasteiger partial charge in [-0.05, 0) is 63.9 Å². The highest BCUT2D eigenvalue weighted by atomic mass is 35.5. The molecule has 9 amide bonds. The smallest absolute Gasteiger partial charge is 0.415 e. The van der Waals surface area contributed by atoms with E-state index in [4.69, 9.17) is 52.6 Å². The van der Waals surface area contributed by atoms with Crippen LogP contribution in [0.1, 0.15) is 93.0 Å². The SMILES string of the molecule is CC(C)[C@H](CC(=O)CCOCCN1C(=O)C=CC1=O)C(=O)N[C@@H](CCCNC(N)=O)C(=O)Cc1ccc(COC(=O)N(C)CCN(C)C(=O)Oc2cc3c(c4ccccc24)[C@H](CCl)CN3C(=O)c2ccc(C(=O)N3C[C@@H](CCl)c4c3cc(O[C@@H]3O[C@H](CO)[C@H](O)[C@H](O)[C@H]3O)c3ccccc43)s2)cc1. The lowest BCUT2D eigenvalue weighted by molar-refractivity contribution is -0.277. The summed E-state index contributed by atoms with van der Waals surface area (Å²) in [5.41, 5.74) is 8.89. The molecule has 1 aromatic heterocycles. The number of Topliss-reactive ketones (excluding diaryl/α,β-unsaturated/α-hetero) is 2. The number of ether oxygens (including phenoxy) is 5. The van der Waals surface area contributed by atoms with Crippen LogP contribution in [0.15, 0.2) is 109 Å². The number of carbonyl (C=O) groups is 10. The van der Waals surface area contributed by atoms with Crippen LogP contribution in [0.3, 0.4) is 0 Å². The van der Waals surface area contributed by atoms with Crippen LogP contribution in [-0.4, -0.2) is 216 Å². The number of nitrogens with one attached hydrogen (secondary N) is 2. The van der Waals surface area contributed by atoms with Gasteiger partial charge in [-0.1, -0.05) is 86.6 Å². The molecule has 1 fully saturated rings. The Labute approximate surface area is 607 Å². The maximum absolute atomic E-state index is 14.8. The standard InChI is InChI=1S/C73H82Cl2N8O19S/c1-40(2)50(31-45(85)23-28-98-29-27-81-60(87)21-22-61(81)88)67(92)78-51(14-9-24-77-71(76)95)54(86)30-41-15-17-42(18-16-41)39-99-72(96)79(3)25-26-80(4)73(97)102-56-33-53-63(49-13-8-6-11-47(49)56)44(35-75)37-83(53)69(94)59-20-19-58(103-59)68(93)82-36-43(34-74)62-48-12-7-5-10-46(48)55(32-52(62)82)100-70-66(91)65(90)64(89)57(38-84)101-70/h5-8,10-13,15-22,32-33,40,43-44,50-51,57,64-66,70,84,89-91H,9,14,23-31,34-39H2,1-4H3,(H,78,92)(H3,76,77,95)/t43-,44-,50+,51+,57-,64+,65+,66-,70-/m1/s1. The number of thiophene rings is 1. The minimum absolute atomic E-state index is 0.0144. The maximum Gasteiger partial charge on any atom is 0.415 e. The number of primary amides is 1. The van der Waals surface area contributed by atoms with Crippen LogP contribution in [0.2, 0.25) is 0 Å². The number of alkyl halides is 2. The second-order valence-electron chi connectivity index (χ2n) is 26.1. The first-order valence-corrected chi connectivity index (χ1v) is 35.6. The molecule has 0 radical (unpaired) electrons. The van der Waals surface area contributed by atoms with E-state index in [9.17, 15) is 68.4 Å². The average molecular weight is 1480 g/mol. The van der Waals surface area contributed by atoms with Gasteiger partial charge in [0.05, 0.1) is 53.5 Å². The quantitative estimate of drug-likeness (QED) is 0.0139. The number of halogens is 2. The summed E-state index contributed by atoms with van der Waals surface area (Å²) in [7, 11) is 3.01. The molecule has 5 heterocycles. The van der Waals surface area contributed by atoms with Crippen LogP contribution < -0.4 is 35.6 Å². The Morgan fingerprint density at radius 3 is 1.83 bits per heavy atom. The molecule has 5 aromatic carbocycles. The minimum Gasteiger partial charge on any atom is -0.461 e. The molecular weight excluding hydrogens is 1400 g/mol. The van der Waals surface area contributed by atoms with E-state index < -0.39 is 97.0 Å². The third kappa shape index (κ3) is 17.8. The topological polar surface area (TPSA) is 364 Å². The Balaban J connectivity index is 0.733. The zero-order valence-corrected chi connectivity index (χ0v) is 59.4. The van der Waals surface area contributed by atoms with E-state index in [1.54, 1.807) is 96.4 Å². The zero-order chi connectivity index (χ0) is 73.9. The van der Waals surface area contributed by atoms with Gasteiger partial charge in [-0.15, -0.1) is 34.5 Å². The lowest BCUT2D eigenvalue weighted by Crippen LogP contribution is -2.60. The van der Waals surface area contributed by atoms with Gasteiger partial charge in [0.1, 0.15) is 48.3 Å². The van der Waals surface area contributed by atoms with Crippen molar-refractivity contribution in [3.8, 4) is 11.5 Å². The molecule has 0 unspecified atom stereocenters. The Bertz CT molecular complexity index is 4190. The van der Waals surface area contributed by atoms with Gasteiger partial charge in [-0.2, -0.15) is 0 Å².